The van der Waals surface area contributed by atoms with Crippen molar-refractivity contribution in [2.75, 3.05) is 11.1 Å². The zero-order valence-corrected chi connectivity index (χ0v) is 20.0. The van der Waals surface area contributed by atoms with Crippen LogP contribution in [0.2, 0.25) is 5.02 Å². The van der Waals surface area contributed by atoms with Crippen LogP contribution in [0.4, 0.5) is 18.9 Å². The van der Waals surface area contributed by atoms with Crippen molar-refractivity contribution in [2.45, 2.75) is 30.8 Å². The van der Waals surface area contributed by atoms with Crippen LogP contribution in [0.1, 0.15) is 34.7 Å². The number of hydrogen-bond donors (Lipinski definition) is 2. The first kappa shape index (κ1) is 26.3. The van der Waals surface area contributed by atoms with Crippen LogP contribution in [0.3, 0.4) is 0 Å². The third-order valence-electron chi connectivity index (χ3n) is 4.72. The molecule has 2 aromatic carbocycles. The number of carbonyl (C=O) groups excluding carboxylic acids is 2. The fourth-order valence-electron chi connectivity index (χ4n) is 3.11. The van der Waals surface area contributed by atoms with Crippen molar-refractivity contribution in [2.24, 2.45) is 0 Å². The molecule has 0 aliphatic rings. The van der Waals surface area contributed by atoms with E-state index < -0.39 is 23.7 Å². The summed E-state index contributed by atoms with van der Waals surface area (Å²) in [6.07, 6.45) is -2.90. The van der Waals surface area contributed by atoms with Gasteiger partial charge >= 0.3 is 6.18 Å². The van der Waals surface area contributed by atoms with Crippen LogP contribution in [0.15, 0.2) is 66.3 Å². The lowest BCUT2D eigenvalue weighted by Gasteiger charge is -2.15. The van der Waals surface area contributed by atoms with Gasteiger partial charge < -0.3 is 15.2 Å². The van der Waals surface area contributed by atoms with Gasteiger partial charge in [0.05, 0.1) is 27.9 Å². The Hall–Kier alpha value is -3.31. The molecule has 0 saturated heterocycles. The minimum Gasteiger partial charge on any atom is -0.342 e. The lowest BCUT2D eigenvalue weighted by atomic mass is 10.2. The molecule has 0 spiro atoms. The fraction of sp³-hybridized carbons (Fsp3) is 0.217. The van der Waals surface area contributed by atoms with Crippen LogP contribution in [-0.2, 0) is 17.5 Å². The Morgan fingerprint density at radius 3 is 2.63 bits per heavy atom. The van der Waals surface area contributed by atoms with Crippen molar-refractivity contribution in [3.05, 3.63) is 83.2 Å². The first-order valence-electron chi connectivity index (χ1n) is 10.3. The highest BCUT2D eigenvalue weighted by atomic mass is 35.5. The number of hydrogen-bond acceptors (Lipinski definition) is 5. The molecule has 35 heavy (non-hydrogen) atoms. The van der Waals surface area contributed by atoms with E-state index in [1.807, 2.05) is 0 Å². The summed E-state index contributed by atoms with van der Waals surface area (Å²) in [5.41, 5.74) is -0.502. The molecule has 2 amide bonds. The second kappa shape index (κ2) is 11.4. The Bertz CT molecular complexity index is 1230. The van der Waals surface area contributed by atoms with E-state index in [0.29, 0.717) is 28.1 Å². The third-order valence-corrected chi connectivity index (χ3v) is 6.01. The number of anilines is 1. The van der Waals surface area contributed by atoms with Crippen LogP contribution >= 0.6 is 23.4 Å². The van der Waals surface area contributed by atoms with Crippen molar-refractivity contribution in [1.82, 2.24) is 20.1 Å². The molecule has 0 unspecified atom stereocenters. The summed E-state index contributed by atoms with van der Waals surface area (Å²) in [5.74, 6) is -0.576. The average molecular weight is 524 g/mol. The Kier molecular flexibility index (Phi) is 8.57. The van der Waals surface area contributed by atoms with Crippen LogP contribution in [0, 0.1) is 0 Å². The Labute approximate surface area is 208 Å². The van der Waals surface area contributed by atoms with E-state index in [0.717, 1.165) is 23.9 Å². The molecule has 2 N–H and O–H groups in total. The third kappa shape index (κ3) is 6.86. The molecule has 1 heterocycles. The van der Waals surface area contributed by atoms with Crippen molar-refractivity contribution in [1.29, 1.82) is 0 Å². The second-order valence-electron chi connectivity index (χ2n) is 7.33. The minimum absolute atomic E-state index is 0.0366. The standard InChI is InChI=1S/C23H21ClF3N5O2S/c1-3-11-32-20(14(2)28-21(34)17-9-4-5-10-18(17)24)30-31-22(32)35-13-19(33)29-16-8-6-7-15(12-16)23(25,26)27/h3-10,12,14H,1,11,13H2,2H3,(H,28,34)(H,29,33)/t14-/m1/s1. The molecule has 0 radical (unpaired) electrons. The van der Waals surface area contributed by atoms with Gasteiger partial charge in [0.25, 0.3) is 5.91 Å². The number of benzene rings is 2. The molecule has 3 aromatic rings. The van der Waals surface area contributed by atoms with Gasteiger partial charge in [0, 0.05) is 12.2 Å². The number of halogens is 4. The quantitative estimate of drug-likeness (QED) is 0.291. The molecule has 3 rings (SSSR count). The number of amides is 2. The van der Waals surface area contributed by atoms with E-state index >= 15 is 0 Å². The maximum atomic E-state index is 12.9. The number of nitrogens with zero attached hydrogens (tertiary/aromatic N) is 3. The van der Waals surface area contributed by atoms with E-state index in [-0.39, 0.29) is 17.3 Å². The van der Waals surface area contributed by atoms with Gasteiger partial charge in [0.2, 0.25) is 5.91 Å². The first-order chi connectivity index (χ1) is 16.6. The Balaban J connectivity index is 1.67. The monoisotopic (exact) mass is 523 g/mol. The smallest absolute Gasteiger partial charge is 0.342 e. The molecule has 12 heteroatoms. The molecule has 0 aliphatic carbocycles. The van der Waals surface area contributed by atoms with Crippen LogP contribution in [0.5, 0.6) is 0 Å². The number of carbonyl (C=O) groups is 2. The van der Waals surface area contributed by atoms with E-state index in [1.165, 1.54) is 12.1 Å². The highest BCUT2D eigenvalue weighted by Crippen LogP contribution is 2.31. The van der Waals surface area contributed by atoms with Gasteiger partial charge in [0.1, 0.15) is 0 Å². The molecule has 1 atom stereocenters. The molecule has 7 nitrogen and oxygen atoms in total. The molecule has 1 aromatic heterocycles. The maximum absolute atomic E-state index is 12.9. The molecule has 0 saturated carbocycles. The Morgan fingerprint density at radius 2 is 1.94 bits per heavy atom. The largest absolute Gasteiger partial charge is 0.416 e. The van der Waals surface area contributed by atoms with Gasteiger partial charge in [0.15, 0.2) is 11.0 Å². The zero-order chi connectivity index (χ0) is 25.6. The molecule has 0 fully saturated rings. The predicted molar refractivity (Wildman–Crippen MR) is 128 cm³/mol. The summed E-state index contributed by atoms with van der Waals surface area (Å²) in [4.78, 5) is 24.9. The van der Waals surface area contributed by atoms with E-state index in [4.69, 9.17) is 11.6 Å². The molecular weight excluding hydrogens is 503 g/mol. The SMILES string of the molecule is C=CCn1c(SCC(=O)Nc2cccc(C(F)(F)F)c2)nnc1[C@@H](C)NC(=O)c1ccccc1Cl. The normalized spacial score (nSPS) is 12.1. The zero-order valence-electron chi connectivity index (χ0n) is 18.5. The number of nitrogens with one attached hydrogen (secondary N) is 2. The molecule has 0 aliphatic heterocycles. The minimum atomic E-state index is -4.51. The summed E-state index contributed by atoms with van der Waals surface area (Å²) in [5, 5.41) is 14.2. The molecule has 184 valence electrons. The van der Waals surface area contributed by atoms with Gasteiger partial charge in [-0.15, -0.1) is 16.8 Å². The Morgan fingerprint density at radius 1 is 1.20 bits per heavy atom. The van der Waals surface area contributed by atoms with Crippen LogP contribution < -0.4 is 10.6 Å². The topological polar surface area (TPSA) is 88.9 Å². The number of rotatable bonds is 9. The van der Waals surface area contributed by atoms with Gasteiger partial charge in [-0.2, -0.15) is 13.2 Å². The maximum Gasteiger partial charge on any atom is 0.416 e. The predicted octanol–water partition coefficient (Wildman–Crippen LogP) is 5.36. The summed E-state index contributed by atoms with van der Waals surface area (Å²) >= 11 is 7.14. The van der Waals surface area contributed by atoms with Crippen molar-refractivity contribution in [3.63, 3.8) is 0 Å². The van der Waals surface area contributed by atoms with Crippen molar-refractivity contribution < 1.29 is 22.8 Å². The van der Waals surface area contributed by atoms with Gasteiger partial charge in [-0.25, -0.2) is 0 Å². The van der Waals surface area contributed by atoms with Gasteiger partial charge in [-0.3, -0.25) is 9.59 Å². The molecule has 0 bridgehead atoms. The van der Waals surface area contributed by atoms with Crippen LogP contribution in [-0.4, -0.2) is 32.3 Å². The number of allylic oxidation sites excluding steroid dienone is 1. The van der Waals surface area contributed by atoms with Crippen molar-refractivity contribution in [3.8, 4) is 0 Å². The van der Waals surface area contributed by atoms with Gasteiger partial charge in [-0.05, 0) is 37.3 Å². The summed E-state index contributed by atoms with van der Waals surface area (Å²) in [6.45, 7) is 5.76. The highest BCUT2D eigenvalue weighted by Gasteiger charge is 2.30. The second-order valence-corrected chi connectivity index (χ2v) is 8.68. The highest BCUT2D eigenvalue weighted by molar-refractivity contribution is 7.99. The molecular formula is C23H21ClF3N5O2S. The van der Waals surface area contributed by atoms with Crippen molar-refractivity contribution >= 4 is 40.9 Å². The summed E-state index contributed by atoms with van der Waals surface area (Å²) in [7, 11) is 0. The summed E-state index contributed by atoms with van der Waals surface area (Å²) < 4.78 is 40.3. The number of aromatic nitrogens is 3. The van der Waals surface area contributed by atoms with E-state index in [9.17, 15) is 22.8 Å². The average Bonchev–Trinajstić information content (AvgIpc) is 3.20. The van der Waals surface area contributed by atoms with Crippen LogP contribution in [0.25, 0.3) is 0 Å². The van der Waals surface area contributed by atoms with Gasteiger partial charge in [-0.1, -0.05) is 47.6 Å². The number of alkyl halides is 3. The lowest BCUT2D eigenvalue weighted by Crippen LogP contribution is -2.29. The van der Waals surface area contributed by atoms with E-state index in [1.54, 1.807) is 41.8 Å². The van der Waals surface area contributed by atoms with E-state index in [2.05, 4.69) is 27.4 Å². The number of thioether (sulfide) groups is 1. The first-order valence-corrected chi connectivity index (χ1v) is 11.7. The lowest BCUT2D eigenvalue weighted by molar-refractivity contribution is -0.137. The summed E-state index contributed by atoms with van der Waals surface area (Å²) in [6, 6.07) is 10.5. The fourth-order valence-corrected chi connectivity index (χ4v) is 4.09.